The van der Waals surface area contributed by atoms with E-state index in [9.17, 15) is 4.79 Å². The van der Waals surface area contributed by atoms with E-state index in [-0.39, 0.29) is 5.91 Å². The first kappa shape index (κ1) is 18.6. The highest BCUT2D eigenvalue weighted by atomic mass is 16.7. The first-order chi connectivity index (χ1) is 13.5. The lowest BCUT2D eigenvalue weighted by molar-refractivity contribution is -0.169. The van der Waals surface area contributed by atoms with Crippen molar-refractivity contribution >= 4 is 29.0 Å². The number of carbonyl (C=O) groups is 1. The number of ether oxygens (including phenoxy) is 2. The second kappa shape index (κ2) is 7.73. The van der Waals surface area contributed by atoms with Crippen LogP contribution in [0.5, 0.6) is 0 Å². The number of aromatic nitrogens is 2. The number of aryl methyl sites for hydroxylation is 1. The summed E-state index contributed by atoms with van der Waals surface area (Å²) in [6, 6.07) is 9.43. The van der Waals surface area contributed by atoms with Crippen molar-refractivity contribution in [1.82, 2.24) is 9.97 Å². The number of amides is 1. The van der Waals surface area contributed by atoms with Crippen molar-refractivity contribution in [3.63, 3.8) is 0 Å². The van der Waals surface area contributed by atoms with Gasteiger partial charge in [0.25, 0.3) is 0 Å². The van der Waals surface area contributed by atoms with Crippen LogP contribution < -0.4 is 15.5 Å². The molecule has 3 heterocycles. The molecule has 1 aromatic carbocycles. The maximum absolute atomic E-state index is 11.1. The van der Waals surface area contributed by atoms with E-state index in [1.54, 1.807) is 0 Å². The standard InChI is InChI=1S/C20H25N5O3/c1-14-13-18(23-17-5-3-16(4-6-17)22-15(2)26)24-19(21-14)25-9-7-20(8-10-25)27-11-12-28-20/h3-6,13H,7-12H2,1-2H3,(H,22,26)(H,21,23,24). The number of rotatable bonds is 4. The molecule has 148 valence electrons. The summed E-state index contributed by atoms with van der Waals surface area (Å²) in [6.07, 6.45) is 1.63. The molecule has 2 aliphatic heterocycles. The number of benzene rings is 1. The van der Waals surface area contributed by atoms with Gasteiger partial charge in [0.2, 0.25) is 11.9 Å². The van der Waals surface area contributed by atoms with Gasteiger partial charge in [0.05, 0.1) is 13.2 Å². The molecule has 28 heavy (non-hydrogen) atoms. The second-order valence-electron chi connectivity index (χ2n) is 7.17. The highest BCUT2D eigenvalue weighted by Gasteiger charge is 2.40. The van der Waals surface area contributed by atoms with Gasteiger partial charge in [-0.1, -0.05) is 0 Å². The maximum atomic E-state index is 11.1. The zero-order valence-electron chi connectivity index (χ0n) is 16.2. The number of nitrogens with one attached hydrogen (secondary N) is 2. The summed E-state index contributed by atoms with van der Waals surface area (Å²) in [5.74, 6) is 0.957. The monoisotopic (exact) mass is 383 g/mol. The first-order valence-corrected chi connectivity index (χ1v) is 9.55. The normalized spacial score (nSPS) is 18.3. The largest absolute Gasteiger partial charge is 0.347 e. The van der Waals surface area contributed by atoms with Gasteiger partial charge >= 0.3 is 0 Å². The molecule has 0 aliphatic carbocycles. The topological polar surface area (TPSA) is 88.6 Å². The number of anilines is 4. The van der Waals surface area contributed by atoms with Crippen molar-refractivity contribution in [2.24, 2.45) is 0 Å². The Morgan fingerprint density at radius 1 is 1.07 bits per heavy atom. The number of piperidine rings is 1. The average Bonchev–Trinajstić information content (AvgIpc) is 3.11. The molecule has 2 fully saturated rings. The molecule has 8 nitrogen and oxygen atoms in total. The molecule has 2 aromatic rings. The minimum Gasteiger partial charge on any atom is -0.347 e. The van der Waals surface area contributed by atoms with Crippen LogP contribution in [0.3, 0.4) is 0 Å². The Morgan fingerprint density at radius 2 is 1.71 bits per heavy atom. The molecule has 0 radical (unpaired) electrons. The van der Waals surface area contributed by atoms with E-state index < -0.39 is 5.79 Å². The molecule has 0 saturated carbocycles. The molecule has 4 rings (SSSR count). The van der Waals surface area contributed by atoms with Gasteiger partial charge in [-0.15, -0.1) is 0 Å². The Morgan fingerprint density at radius 3 is 2.36 bits per heavy atom. The quantitative estimate of drug-likeness (QED) is 0.839. The highest BCUT2D eigenvalue weighted by molar-refractivity contribution is 5.88. The molecule has 0 unspecified atom stereocenters. The van der Waals surface area contributed by atoms with Crippen LogP contribution >= 0.6 is 0 Å². The minimum atomic E-state index is -0.406. The fraction of sp³-hybridized carbons (Fsp3) is 0.450. The van der Waals surface area contributed by atoms with Crippen LogP contribution in [-0.2, 0) is 14.3 Å². The molecule has 1 aromatic heterocycles. The Hall–Kier alpha value is -2.71. The van der Waals surface area contributed by atoms with E-state index in [0.717, 1.165) is 48.8 Å². The van der Waals surface area contributed by atoms with Crippen molar-refractivity contribution in [3.05, 3.63) is 36.0 Å². The summed E-state index contributed by atoms with van der Waals surface area (Å²) < 4.78 is 11.6. The van der Waals surface area contributed by atoms with Crippen molar-refractivity contribution in [2.75, 3.05) is 41.8 Å². The van der Waals surface area contributed by atoms with Crippen molar-refractivity contribution in [2.45, 2.75) is 32.5 Å². The van der Waals surface area contributed by atoms with Gasteiger partial charge in [0.1, 0.15) is 5.82 Å². The lowest BCUT2D eigenvalue weighted by atomic mass is 10.0. The summed E-state index contributed by atoms with van der Waals surface area (Å²) in [4.78, 5) is 22.6. The second-order valence-corrected chi connectivity index (χ2v) is 7.17. The Bertz CT molecular complexity index is 839. The van der Waals surface area contributed by atoms with E-state index in [0.29, 0.717) is 19.2 Å². The number of hydrogen-bond donors (Lipinski definition) is 2. The van der Waals surface area contributed by atoms with Crippen LogP contribution in [0, 0.1) is 6.92 Å². The summed E-state index contributed by atoms with van der Waals surface area (Å²) in [7, 11) is 0. The van der Waals surface area contributed by atoms with Gasteiger partial charge in [-0.05, 0) is 31.2 Å². The fourth-order valence-electron chi connectivity index (χ4n) is 3.58. The van der Waals surface area contributed by atoms with Gasteiger partial charge in [0, 0.05) is 56.0 Å². The highest BCUT2D eigenvalue weighted by Crippen LogP contribution is 2.32. The average molecular weight is 383 g/mol. The Kier molecular flexibility index (Phi) is 5.15. The van der Waals surface area contributed by atoms with Crippen LogP contribution in [0.4, 0.5) is 23.1 Å². The third-order valence-corrected chi connectivity index (χ3v) is 4.94. The van der Waals surface area contributed by atoms with Crippen LogP contribution in [0.15, 0.2) is 30.3 Å². The molecular weight excluding hydrogens is 358 g/mol. The molecule has 0 atom stereocenters. The fourth-order valence-corrected chi connectivity index (χ4v) is 3.58. The summed E-state index contributed by atoms with van der Waals surface area (Å²) in [6.45, 7) is 6.41. The van der Waals surface area contributed by atoms with Gasteiger partial charge in [-0.2, -0.15) is 4.98 Å². The van der Waals surface area contributed by atoms with E-state index in [4.69, 9.17) is 14.5 Å². The van der Waals surface area contributed by atoms with Crippen LogP contribution in [0.1, 0.15) is 25.5 Å². The van der Waals surface area contributed by atoms with Gasteiger partial charge < -0.3 is 25.0 Å². The van der Waals surface area contributed by atoms with Crippen LogP contribution in [0.25, 0.3) is 0 Å². The van der Waals surface area contributed by atoms with E-state index in [1.807, 2.05) is 37.3 Å². The molecule has 1 amide bonds. The van der Waals surface area contributed by atoms with E-state index >= 15 is 0 Å². The van der Waals surface area contributed by atoms with Gasteiger partial charge in [-0.3, -0.25) is 4.79 Å². The van der Waals surface area contributed by atoms with E-state index in [1.165, 1.54) is 6.92 Å². The zero-order chi connectivity index (χ0) is 19.6. The first-order valence-electron chi connectivity index (χ1n) is 9.55. The zero-order valence-corrected chi connectivity index (χ0v) is 16.2. The molecular formula is C20H25N5O3. The smallest absolute Gasteiger partial charge is 0.227 e. The third-order valence-electron chi connectivity index (χ3n) is 4.94. The Labute approximate surface area is 164 Å². The molecule has 2 N–H and O–H groups in total. The van der Waals surface area contributed by atoms with Crippen molar-refractivity contribution in [3.8, 4) is 0 Å². The molecule has 2 aliphatic rings. The van der Waals surface area contributed by atoms with Crippen LogP contribution in [0.2, 0.25) is 0 Å². The SMILES string of the molecule is CC(=O)Nc1ccc(Nc2cc(C)nc(N3CCC4(CC3)OCCO4)n2)cc1. The minimum absolute atomic E-state index is 0.0894. The lowest BCUT2D eigenvalue weighted by Gasteiger charge is -2.37. The maximum Gasteiger partial charge on any atom is 0.227 e. The molecule has 1 spiro atoms. The third kappa shape index (κ3) is 4.23. The van der Waals surface area contributed by atoms with E-state index in [2.05, 4.69) is 20.5 Å². The lowest BCUT2D eigenvalue weighted by Crippen LogP contribution is -2.45. The summed E-state index contributed by atoms with van der Waals surface area (Å²) in [5, 5.41) is 6.07. The van der Waals surface area contributed by atoms with Crippen LogP contribution in [-0.4, -0.2) is 48.0 Å². The summed E-state index contributed by atoms with van der Waals surface area (Å²) in [5.41, 5.74) is 2.55. The van der Waals surface area contributed by atoms with Gasteiger partial charge in [0.15, 0.2) is 5.79 Å². The predicted molar refractivity (Wildman–Crippen MR) is 107 cm³/mol. The van der Waals surface area contributed by atoms with Crippen molar-refractivity contribution in [1.29, 1.82) is 0 Å². The molecule has 0 bridgehead atoms. The predicted octanol–water partition coefficient (Wildman–Crippen LogP) is 2.83. The number of hydrogen-bond acceptors (Lipinski definition) is 7. The number of carbonyl (C=O) groups excluding carboxylic acids is 1. The summed E-state index contributed by atoms with van der Waals surface area (Å²) >= 11 is 0. The van der Waals surface area contributed by atoms with Gasteiger partial charge in [-0.25, -0.2) is 4.98 Å². The van der Waals surface area contributed by atoms with Crippen molar-refractivity contribution < 1.29 is 14.3 Å². The number of nitrogens with zero attached hydrogens (tertiary/aromatic N) is 3. The molecule has 8 heteroatoms. The molecule has 2 saturated heterocycles. The Balaban J connectivity index is 1.44.